The molecule has 0 bridgehead atoms. The molecule has 28 heavy (non-hydrogen) atoms. The standard InChI is InChI=1S/C23H26N2O3/c1-27-17-6-4-5-14(12-17)15-9-10-18-16(11-15)13-20-22(18)19(23(26)28-20)7-2-3-8-21(24)25/h4-6,9-12,19-20,22H,2-3,7-8,13H2,1H3,(H3,24,25)/t19-,20+,22+/m1/s1. The van der Waals surface area contributed by atoms with Crippen LogP contribution < -0.4 is 10.5 Å². The number of esters is 1. The van der Waals surface area contributed by atoms with E-state index in [1.807, 2.05) is 18.2 Å². The van der Waals surface area contributed by atoms with Crippen LogP contribution >= 0.6 is 0 Å². The van der Waals surface area contributed by atoms with Crippen LogP contribution in [0.15, 0.2) is 42.5 Å². The third kappa shape index (κ3) is 3.49. The zero-order valence-corrected chi connectivity index (χ0v) is 16.1. The quantitative estimate of drug-likeness (QED) is 0.329. The van der Waals surface area contributed by atoms with Crippen LogP contribution in [0.2, 0.25) is 0 Å². The molecule has 0 saturated carbocycles. The minimum Gasteiger partial charge on any atom is -0.497 e. The summed E-state index contributed by atoms with van der Waals surface area (Å²) in [5.41, 5.74) is 10.2. The molecule has 2 aliphatic rings. The maximum atomic E-state index is 12.4. The fourth-order valence-electron chi connectivity index (χ4n) is 4.59. The van der Waals surface area contributed by atoms with Gasteiger partial charge in [-0.1, -0.05) is 36.8 Å². The number of ether oxygens (including phenoxy) is 2. The van der Waals surface area contributed by atoms with Gasteiger partial charge in [0, 0.05) is 18.8 Å². The Bertz CT molecular complexity index is 908. The maximum absolute atomic E-state index is 12.4. The lowest BCUT2D eigenvalue weighted by molar-refractivity contribution is -0.144. The number of hydrogen-bond donors (Lipinski definition) is 2. The molecule has 1 saturated heterocycles. The minimum absolute atomic E-state index is 0.0409. The van der Waals surface area contributed by atoms with Crippen LogP contribution in [0.25, 0.3) is 11.1 Å². The van der Waals surface area contributed by atoms with Gasteiger partial charge in [-0.15, -0.1) is 0 Å². The average Bonchev–Trinajstić information content (AvgIpc) is 3.19. The lowest BCUT2D eigenvalue weighted by atomic mass is 9.84. The van der Waals surface area contributed by atoms with Crippen molar-refractivity contribution in [2.45, 2.75) is 44.1 Å². The normalized spacial score (nSPS) is 22.5. The summed E-state index contributed by atoms with van der Waals surface area (Å²) in [5.74, 6) is 1.05. The molecule has 1 aliphatic heterocycles. The number of nitrogens with one attached hydrogen (secondary N) is 1. The molecule has 146 valence electrons. The number of hydrogen-bond acceptors (Lipinski definition) is 4. The Morgan fingerprint density at radius 1 is 1.21 bits per heavy atom. The number of benzene rings is 2. The Morgan fingerprint density at radius 2 is 2.04 bits per heavy atom. The summed E-state index contributed by atoms with van der Waals surface area (Å²) in [7, 11) is 1.67. The van der Waals surface area contributed by atoms with Gasteiger partial charge >= 0.3 is 5.97 Å². The van der Waals surface area contributed by atoms with Gasteiger partial charge in [0.2, 0.25) is 0 Å². The number of rotatable bonds is 7. The van der Waals surface area contributed by atoms with E-state index in [2.05, 4.69) is 24.3 Å². The molecule has 3 atom stereocenters. The highest BCUT2D eigenvalue weighted by Gasteiger charge is 2.49. The average molecular weight is 378 g/mol. The fourth-order valence-corrected chi connectivity index (χ4v) is 4.59. The summed E-state index contributed by atoms with van der Waals surface area (Å²) in [6.07, 6.45) is 3.87. The molecule has 2 aromatic carbocycles. The van der Waals surface area contributed by atoms with Crippen molar-refractivity contribution in [1.82, 2.24) is 0 Å². The molecule has 1 fully saturated rings. The third-order valence-electron chi connectivity index (χ3n) is 5.94. The molecule has 4 rings (SSSR count). The van der Waals surface area contributed by atoms with Crippen LogP contribution in [0, 0.1) is 11.3 Å². The van der Waals surface area contributed by atoms with E-state index in [9.17, 15) is 4.79 Å². The van der Waals surface area contributed by atoms with Gasteiger partial charge in [0.25, 0.3) is 0 Å². The van der Waals surface area contributed by atoms with E-state index in [4.69, 9.17) is 20.6 Å². The van der Waals surface area contributed by atoms with E-state index in [1.54, 1.807) is 7.11 Å². The first-order chi connectivity index (χ1) is 13.6. The molecule has 0 amide bonds. The van der Waals surface area contributed by atoms with Crippen molar-refractivity contribution in [3.63, 3.8) is 0 Å². The van der Waals surface area contributed by atoms with Gasteiger partial charge in [-0.3, -0.25) is 10.2 Å². The van der Waals surface area contributed by atoms with Gasteiger partial charge < -0.3 is 15.2 Å². The second-order valence-corrected chi connectivity index (χ2v) is 7.73. The number of unbranched alkanes of at least 4 members (excludes halogenated alkanes) is 1. The Hall–Kier alpha value is -2.82. The number of carbonyl (C=O) groups excluding carboxylic acids is 1. The van der Waals surface area contributed by atoms with Crippen molar-refractivity contribution in [1.29, 1.82) is 5.41 Å². The Labute approximate surface area is 165 Å². The van der Waals surface area contributed by atoms with Crippen molar-refractivity contribution >= 4 is 11.8 Å². The second kappa shape index (κ2) is 7.66. The van der Waals surface area contributed by atoms with Crippen LogP contribution in [-0.4, -0.2) is 25.0 Å². The predicted octanol–water partition coefficient (Wildman–Crippen LogP) is 4.04. The van der Waals surface area contributed by atoms with E-state index in [0.29, 0.717) is 6.42 Å². The molecule has 5 heteroatoms. The summed E-state index contributed by atoms with van der Waals surface area (Å²) in [6.45, 7) is 0. The molecule has 5 nitrogen and oxygen atoms in total. The van der Waals surface area contributed by atoms with E-state index < -0.39 is 0 Å². The number of carbonyl (C=O) groups is 1. The Kier molecular flexibility index (Phi) is 5.07. The van der Waals surface area contributed by atoms with Crippen LogP contribution in [0.3, 0.4) is 0 Å². The first kappa shape index (κ1) is 18.5. The minimum atomic E-state index is -0.0825. The summed E-state index contributed by atoms with van der Waals surface area (Å²) >= 11 is 0. The highest BCUT2D eigenvalue weighted by molar-refractivity contribution is 5.78. The van der Waals surface area contributed by atoms with Crippen molar-refractivity contribution in [3.05, 3.63) is 53.6 Å². The molecule has 3 N–H and O–H groups in total. The highest BCUT2D eigenvalue weighted by Crippen LogP contribution is 2.48. The van der Waals surface area contributed by atoms with Crippen molar-refractivity contribution in [2.24, 2.45) is 11.7 Å². The van der Waals surface area contributed by atoms with Gasteiger partial charge in [0.05, 0.1) is 18.9 Å². The predicted molar refractivity (Wildman–Crippen MR) is 109 cm³/mol. The van der Waals surface area contributed by atoms with Crippen LogP contribution in [-0.2, 0) is 16.0 Å². The summed E-state index contributed by atoms with van der Waals surface area (Å²) in [4.78, 5) is 12.4. The first-order valence-electron chi connectivity index (χ1n) is 9.87. The SMILES string of the molecule is COc1cccc(-c2ccc3c(c2)C[C@@H]2OC(=O)[C@H](CCCCC(=N)N)[C@H]32)c1. The van der Waals surface area contributed by atoms with Gasteiger partial charge in [-0.05, 0) is 47.2 Å². The first-order valence-corrected chi connectivity index (χ1v) is 9.87. The molecule has 1 aliphatic carbocycles. The van der Waals surface area contributed by atoms with Crippen LogP contribution in [0.4, 0.5) is 0 Å². The van der Waals surface area contributed by atoms with E-state index in [0.717, 1.165) is 42.6 Å². The molecule has 0 unspecified atom stereocenters. The van der Waals surface area contributed by atoms with Crippen molar-refractivity contribution < 1.29 is 14.3 Å². The number of methoxy groups -OCH3 is 1. The number of nitrogens with two attached hydrogens (primary N) is 1. The number of amidine groups is 1. The molecule has 0 aromatic heterocycles. The fraction of sp³-hybridized carbons (Fsp3) is 0.391. The molecule has 1 heterocycles. The second-order valence-electron chi connectivity index (χ2n) is 7.73. The molecular weight excluding hydrogens is 352 g/mol. The van der Waals surface area contributed by atoms with Gasteiger partial charge in [-0.2, -0.15) is 0 Å². The number of fused-ring (bicyclic) bond motifs is 3. The monoisotopic (exact) mass is 378 g/mol. The largest absolute Gasteiger partial charge is 0.497 e. The van der Waals surface area contributed by atoms with Crippen LogP contribution in [0.5, 0.6) is 5.75 Å². The van der Waals surface area contributed by atoms with E-state index in [1.165, 1.54) is 11.1 Å². The summed E-state index contributed by atoms with van der Waals surface area (Å²) in [5, 5.41) is 7.33. The topological polar surface area (TPSA) is 85.4 Å². The lowest BCUT2D eigenvalue weighted by Crippen LogP contribution is -2.15. The molecule has 2 aromatic rings. The zero-order valence-electron chi connectivity index (χ0n) is 16.1. The third-order valence-corrected chi connectivity index (χ3v) is 5.94. The van der Waals surface area contributed by atoms with Crippen LogP contribution in [0.1, 0.15) is 42.7 Å². The van der Waals surface area contributed by atoms with E-state index >= 15 is 0 Å². The Balaban J connectivity index is 1.53. The van der Waals surface area contributed by atoms with Gasteiger partial charge in [0.15, 0.2) is 0 Å². The van der Waals surface area contributed by atoms with Gasteiger partial charge in [-0.25, -0.2) is 0 Å². The van der Waals surface area contributed by atoms with Crippen molar-refractivity contribution in [2.75, 3.05) is 7.11 Å². The van der Waals surface area contributed by atoms with Gasteiger partial charge in [0.1, 0.15) is 11.9 Å². The Morgan fingerprint density at radius 3 is 2.82 bits per heavy atom. The molecule has 0 spiro atoms. The summed E-state index contributed by atoms with van der Waals surface area (Å²) in [6, 6.07) is 14.6. The maximum Gasteiger partial charge on any atom is 0.310 e. The molecular formula is C23H26N2O3. The van der Waals surface area contributed by atoms with E-state index in [-0.39, 0.29) is 29.7 Å². The molecule has 0 radical (unpaired) electrons. The van der Waals surface area contributed by atoms with Crippen molar-refractivity contribution in [3.8, 4) is 16.9 Å². The highest BCUT2D eigenvalue weighted by atomic mass is 16.6. The lowest BCUT2D eigenvalue weighted by Gasteiger charge is -2.16. The summed E-state index contributed by atoms with van der Waals surface area (Å²) < 4.78 is 11.1. The zero-order chi connectivity index (χ0) is 19.7. The smallest absolute Gasteiger partial charge is 0.310 e.